The van der Waals surface area contributed by atoms with E-state index < -0.39 is 17.5 Å². The Labute approximate surface area is 208 Å². The molecular formula is C28H27F2N3O3. The van der Waals surface area contributed by atoms with Crippen LogP contribution in [0.1, 0.15) is 30.9 Å². The molecule has 8 heteroatoms. The Hall–Kier alpha value is -3.94. The Morgan fingerprint density at radius 3 is 2.75 bits per heavy atom. The van der Waals surface area contributed by atoms with E-state index in [1.54, 1.807) is 6.20 Å². The fraction of sp³-hybridized carbons (Fsp3) is 0.286. The van der Waals surface area contributed by atoms with Crippen LogP contribution in [0.4, 0.5) is 8.78 Å². The molecule has 3 aliphatic rings. The van der Waals surface area contributed by atoms with Crippen LogP contribution in [-0.2, 0) is 27.5 Å². The third-order valence-electron chi connectivity index (χ3n) is 6.75. The lowest BCUT2D eigenvalue weighted by Crippen LogP contribution is -2.55. The molecule has 1 saturated heterocycles. The van der Waals surface area contributed by atoms with Crippen molar-refractivity contribution in [3.63, 3.8) is 0 Å². The van der Waals surface area contributed by atoms with Gasteiger partial charge in [-0.1, -0.05) is 48.6 Å². The molecule has 0 saturated carbocycles. The van der Waals surface area contributed by atoms with Gasteiger partial charge in [-0.25, -0.2) is 8.78 Å². The van der Waals surface area contributed by atoms with E-state index in [9.17, 15) is 18.4 Å². The molecule has 186 valence electrons. The van der Waals surface area contributed by atoms with Gasteiger partial charge in [0.1, 0.15) is 29.7 Å². The van der Waals surface area contributed by atoms with Crippen LogP contribution in [0.15, 0.2) is 83.9 Å². The molecule has 2 atom stereocenters. The number of carbonyl (C=O) groups is 2. The second-order valence-corrected chi connectivity index (χ2v) is 9.22. The lowest BCUT2D eigenvalue weighted by atomic mass is 9.98. The van der Waals surface area contributed by atoms with Crippen molar-refractivity contribution in [1.82, 2.24) is 15.1 Å². The molecule has 2 bridgehead atoms. The minimum atomic E-state index is -0.719. The maximum absolute atomic E-state index is 14.1. The van der Waals surface area contributed by atoms with Gasteiger partial charge in [0.15, 0.2) is 0 Å². The fourth-order valence-corrected chi connectivity index (χ4v) is 4.76. The largest absolute Gasteiger partial charge is 0.491 e. The molecule has 1 N–H and O–H groups in total. The van der Waals surface area contributed by atoms with Crippen molar-refractivity contribution in [3.8, 4) is 0 Å². The number of ether oxygens (including phenoxy) is 1. The van der Waals surface area contributed by atoms with Gasteiger partial charge >= 0.3 is 0 Å². The summed E-state index contributed by atoms with van der Waals surface area (Å²) in [5.41, 5.74) is 2.00. The minimum absolute atomic E-state index is 0.0353. The van der Waals surface area contributed by atoms with Crippen molar-refractivity contribution in [3.05, 3.63) is 107 Å². The van der Waals surface area contributed by atoms with Crippen molar-refractivity contribution in [2.75, 3.05) is 6.54 Å². The normalized spacial score (nSPS) is 21.1. The zero-order chi connectivity index (χ0) is 25.2. The number of hydrogen-bond acceptors (Lipinski definition) is 4. The van der Waals surface area contributed by atoms with Crippen LogP contribution in [-0.4, -0.2) is 40.2 Å². The zero-order valence-electron chi connectivity index (χ0n) is 19.9. The molecule has 6 nitrogen and oxygen atoms in total. The number of carbonyl (C=O) groups excluding carboxylic acids is 2. The summed E-state index contributed by atoms with van der Waals surface area (Å²) in [6, 6.07) is 12.8. The lowest BCUT2D eigenvalue weighted by molar-refractivity contribution is -0.134. The highest BCUT2D eigenvalue weighted by Crippen LogP contribution is 2.36. The van der Waals surface area contributed by atoms with E-state index in [0.29, 0.717) is 23.6 Å². The Bertz CT molecular complexity index is 1270. The average Bonchev–Trinajstić information content (AvgIpc) is 3.05. The van der Waals surface area contributed by atoms with Crippen molar-refractivity contribution in [2.24, 2.45) is 0 Å². The number of hydrogen-bond donors (Lipinski definition) is 1. The van der Waals surface area contributed by atoms with Crippen LogP contribution >= 0.6 is 0 Å². The monoisotopic (exact) mass is 491 g/mol. The molecule has 3 heterocycles. The van der Waals surface area contributed by atoms with E-state index >= 15 is 0 Å². The van der Waals surface area contributed by atoms with Crippen LogP contribution in [0.2, 0.25) is 0 Å². The van der Waals surface area contributed by atoms with Gasteiger partial charge in [-0.3, -0.25) is 9.59 Å². The third-order valence-corrected chi connectivity index (χ3v) is 6.75. The molecule has 36 heavy (non-hydrogen) atoms. The molecule has 0 aliphatic carbocycles. The maximum atomic E-state index is 14.1. The van der Waals surface area contributed by atoms with E-state index in [4.69, 9.17) is 4.74 Å². The van der Waals surface area contributed by atoms with Crippen molar-refractivity contribution in [1.29, 1.82) is 0 Å². The smallest absolute Gasteiger partial charge is 0.274 e. The molecule has 0 aromatic heterocycles. The zero-order valence-corrected chi connectivity index (χ0v) is 19.9. The Morgan fingerprint density at radius 2 is 1.97 bits per heavy atom. The minimum Gasteiger partial charge on any atom is -0.491 e. The summed E-state index contributed by atoms with van der Waals surface area (Å²) >= 11 is 0. The first kappa shape index (κ1) is 23.8. The molecule has 1 fully saturated rings. The lowest BCUT2D eigenvalue weighted by Gasteiger charge is -2.44. The van der Waals surface area contributed by atoms with Crippen LogP contribution in [0.5, 0.6) is 0 Å². The summed E-state index contributed by atoms with van der Waals surface area (Å²) in [6.45, 7) is 2.70. The molecule has 5 rings (SSSR count). The van der Waals surface area contributed by atoms with Crippen LogP contribution in [0, 0.1) is 11.6 Å². The van der Waals surface area contributed by atoms with Gasteiger partial charge in [0.2, 0.25) is 5.91 Å². The quantitative estimate of drug-likeness (QED) is 0.617. The summed E-state index contributed by atoms with van der Waals surface area (Å²) in [4.78, 5) is 30.3. The second kappa shape index (κ2) is 9.97. The fourth-order valence-electron chi connectivity index (χ4n) is 4.76. The van der Waals surface area contributed by atoms with Crippen LogP contribution in [0.3, 0.4) is 0 Å². The van der Waals surface area contributed by atoms with Gasteiger partial charge in [-0.15, -0.1) is 0 Å². The molecular weight excluding hydrogens is 464 g/mol. The molecule has 3 aliphatic heterocycles. The van der Waals surface area contributed by atoms with Crippen LogP contribution in [0.25, 0.3) is 0 Å². The first-order valence-electron chi connectivity index (χ1n) is 12.0. The van der Waals surface area contributed by atoms with Crippen molar-refractivity contribution < 1.29 is 23.1 Å². The van der Waals surface area contributed by atoms with E-state index in [-0.39, 0.29) is 43.1 Å². The molecule has 0 unspecified atom stereocenters. The highest BCUT2D eigenvalue weighted by molar-refractivity contribution is 5.98. The first-order chi connectivity index (χ1) is 17.4. The molecule has 2 aromatic carbocycles. The van der Waals surface area contributed by atoms with E-state index in [2.05, 4.69) is 11.4 Å². The second-order valence-electron chi connectivity index (χ2n) is 9.22. The number of benzene rings is 2. The number of piperazine rings is 1. The van der Waals surface area contributed by atoms with Gasteiger partial charge < -0.3 is 19.9 Å². The van der Waals surface area contributed by atoms with E-state index in [0.717, 1.165) is 24.1 Å². The van der Waals surface area contributed by atoms with Gasteiger partial charge in [-0.05, 0) is 25.0 Å². The first-order valence-corrected chi connectivity index (χ1v) is 12.0. The standard InChI is InChI=1S/C28H27F2N3O3/c1-18-6-5-9-23-16-32(18)28(35)26-25(36-17-19-7-3-2-4-8-19)12-21(15-33(23)26)27(34)31-14-20-10-11-22(29)13-24(20)30/h2-8,10-11,13,15,18,23H,9,12,14,16-17H2,1H3,(H,31,34)/t18-,23+/m1/s1. The highest BCUT2D eigenvalue weighted by Gasteiger charge is 2.42. The predicted octanol–water partition coefficient (Wildman–Crippen LogP) is 4.16. The molecule has 0 radical (unpaired) electrons. The number of halogens is 2. The summed E-state index contributed by atoms with van der Waals surface area (Å²) in [5.74, 6) is -1.48. The number of amides is 2. The Morgan fingerprint density at radius 1 is 1.17 bits per heavy atom. The van der Waals surface area contributed by atoms with Crippen molar-refractivity contribution >= 4 is 11.8 Å². The number of fused-ring (bicyclic) bond motifs is 4. The predicted molar refractivity (Wildman–Crippen MR) is 130 cm³/mol. The highest BCUT2D eigenvalue weighted by atomic mass is 19.1. The topological polar surface area (TPSA) is 61.9 Å². The Kier molecular flexibility index (Phi) is 6.59. The summed E-state index contributed by atoms with van der Waals surface area (Å²) in [5, 5.41) is 2.72. The summed E-state index contributed by atoms with van der Waals surface area (Å²) in [6.07, 6.45) is 6.65. The van der Waals surface area contributed by atoms with Crippen LogP contribution < -0.4 is 5.32 Å². The van der Waals surface area contributed by atoms with Crippen molar-refractivity contribution in [2.45, 2.75) is 45.0 Å². The molecule has 0 spiro atoms. The number of nitrogens with one attached hydrogen (secondary N) is 1. The Balaban J connectivity index is 1.41. The molecule has 2 aromatic rings. The van der Waals surface area contributed by atoms with Gasteiger partial charge in [0, 0.05) is 49.0 Å². The van der Waals surface area contributed by atoms with Gasteiger partial charge in [-0.2, -0.15) is 0 Å². The maximum Gasteiger partial charge on any atom is 0.274 e. The number of allylic oxidation sites excluding steroid dienone is 1. The SMILES string of the molecule is C[C@@H]1C=CC[C@H]2CN1C(=O)C1=C(OCc3ccccc3)CC(C(=O)NCc3ccc(F)cc3F)=CN12. The summed E-state index contributed by atoms with van der Waals surface area (Å²) < 4.78 is 33.4. The van der Waals surface area contributed by atoms with Gasteiger partial charge in [0.25, 0.3) is 5.91 Å². The number of rotatable bonds is 6. The van der Waals surface area contributed by atoms with Gasteiger partial charge in [0.05, 0.1) is 6.04 Å². The average molecular weight is 492 g/mol. The summed E-state index contributed by atoms with van der Waals surface area (Å²) in [7, 11) is 0. The van der Waals surface area contributed by atoms with E-state index in [1.165, 1.54) is 6.07 Å². The van der Waals surface area contributed by atoms with E-state index in [1.807, 2.05) is 53.1 Å². The third kappa shape index (κ3) is 4.76. The number of nitrogens with zero attached hydrogens (tertiary/aromatic N) is 2. The molecule has 2 amide bonds.